The highest BCUT2D eigenvalue weighted by atomic mass is 35.5. The summed E-state index contributed by atoms with van der Waals surface area (Å²) < 4.78 is 13.5. The molecule has 1 aromatic carbocycles. The number of amides is 1. The summed E-state index contributed by atoms with van der Waals surface area (Å²) >= 11 is 5.69. The number of nitrogens with two attached hydrogens (primary N) is 1. The Hall–Kier alpha value is -1.82. The second-order valence-corrected chi connectivity index (χ2v) is 5.26. The maximum Gasteiger partial charge on any atom is 0.311 e. The summed E-state index contributed by atoms with van der Waals surface area (Å²) in [4.78, 5) is 23.4. The van der Waals surface area contributed by atoms with Crippen LogP contribution < -0.4 is 11.1 Å². The molecule has 0 saturated heterocycles. The van der Waals surface area contributed by atoms with Gasteiger partial charge in [0.15, 0.2) is 0 Å². The molecule has 0 bridgehead atoms. The van der Waals surface area contributed by atoms with Gasteiger partial charge in [0.25, 0.3) is 5.91 Å². The molecule has 1 amide bonds. The number of aliphatic carboxylic acids is 1. The number of halogens is 2. The maximum atomic E-state index is 13.5. The lowest BCUT2D eigenvalue weighted by molar-refractivity contribution is -0.149. The molecule has 0 aliphatic carbocycles. The first-order valence-corrected chi connectivity index (χ1v) is 6.91. The number of carbonyl (C=O) groups excluding carboxylic acids is 1. The molecule has 0 saturated carbocycles. The normalized spacial score (nSPS) is 11.2. The van der Waals surface area contributed by atoms with Crippen molar-refractivity contribution in [3.05, 3.63) is 28.5 Å². The summed E-state index contributed by atoms with van der Waals surface area (Å²) in [6, 6.07) is 2.25. The predicted octanol–water partition coefficient (Wildman–Crippen LogP) is 2.68. The van der Waals surface area contributed by atoms with Gasteiger partial charge in [-0.3, -0.25) is 9.59 Å². The van der Waals surface area contributed by atoms with Gasteiger partial charge in [-0.2, -0.15) is 0 Å². The lowest BCUT2D eigenvalue weighted by Crippen LogP contribution is -2.42. The SMILES string of the molecule is CCC(CC)(CNC(=O)c1cc(Cl)cc(F)c1N)C(=O)O. The summed E-state index contributed by atoms with van der Waals surface area (Å²) in [5, 5.41) is 11.8. The predicted molar refractivity (Wildman–Crippen MR) is 78.8 cm³/mol. The number of nitrogens with one attached hydrogen (secondary N) is 1. The molecular formula is C14H18ClFN2O3. The van der Waals surface area contributed by atoms with Crippen molar-refractivity contribution in [2.45, 2.75) is 26.7 Å². The fourth-order valence-corrected chi connectivity index (χ4v) is 2.20. The van der Waals surface area contributed by atoms with Crippen molar-refractivity contribution in [3.8, 4) is 0 Å². The van der Waals surface area contributed by atoms with Gasteiger partial charge < -0.3 is 16.2 Å². The maximum absolute atomic E-state index is 13.5. The van der Waals surface area contributed by atoms with E-state index in [1.807, 2.05) is 0 Å². The number of rotatable bonds is 6. The average Bonchev–Trinajstić information content (AvgIpc) is 2.43. The first kappa shape index (κ1) is 17.2. The zero-order valence-electron chi connectivity index (χ0n) is 11.9. The summed E-state index contributed by atoms with van der Waals surface area (Å²) in [6.07, 6.45) is 0.719. The van der Waals surface area contributed by atoms with Crippen molar-refractivity contribution in [1.29, 1.82) is 0 Å². The minimum Gasteiger partial charge on any atom is -0.481 e. The lowest BCUT2D eigenvalue weighted by atomic mass is 9.82. The molecule has 0 heterocycles. The Bertz CT molecular complexity index is 559. The Morgan fingerprint density at radius 3 is 2.43 bits per heavy atom. The largest absolute Gasteiger partial charge is 0.481 e. The highest BCUT2D eigenvalue weighted by Crippen LogP contribution is 2.27. The van der Waals surface area contributed by atoms with Crippen LogP contribution in [0.15, 0.2) is 12.1 Å². The number of benzene rings is 1. The van der Waals surface area contributed by atoms with Gasteiger partial charge in [0.2, 0.25) is 0 Å². The van der Waals surface area contributed by atoms with Gasteiger partial charge in [-0.1, -0.05) is 25.4 Å². The molecule has 0 aliphatic heterocycles. The van der Waals surface area contributed by atoms with Crippen molar-refractivity contribution >= 4 is 29.2 Å². The Kier molecular flexibility index (Phi) is 5.54. The van der Waals surface area contributed by atoms with Crippen LogP contribution in [0.3, 0.4) is 0 Å². The topological polar surface area (TPSA) is 92.4 Å². The molecular weight excluding hydrogens is 299 g/mol. The lowest BCUT2D eigenvalue weighted by Gasteiger charge is -2.27. The monoisotopic (exact) mass is 316 g/mol. The van der Waals surface area contributed by atoms with E-state index in [4.69, 9.17) is 17.3 Å². The number of hydrogen-bond donors (Lipinski definition) is 3. The van der Waals surface area contributed by atoms with Gasteiger partial charge >= 0.3 is 5.97 Å². The third-order valence-electron chi connectivity index (χ3n) is 3.73. The first-order valence-electron chi connectivity index (χ1n) is 6.53. The summed E-state index contributed by atoms with van der Waals surface area (Å²) in [7, 11) is 0. The highest BCUT2D eigenvalue weighted by molar-refractivity contribution is 6.31. The van der Waals surface area contributed by atoms with Gasteiger partial charge in [-0.15, -0.1) is 0 Å². The van der Waals surface area contributed by atoms with Crippen LogP contribution in [-0.2, 0) is 4.79 Å². The second-order valence-electron chi connectivity index (χ2n) is 4.82. The van der Waals surface area contributed by atoms with Crippen LogP contribution in [0.5, 0.6) is 0 Å². The van der Waals surface area contributed by atoms with E-state index < -0.39 is 23.1 Å². The fraction of sp³-hybridized carbons (Fsp3) is 0.429. The molecule has 0 unspecified atom stereocenters. The van der Waals surface area contributed by atoms with Crippen molar-refractivity contribution in [3.63, 3.8) is 0 Å². The molecule has 1 rings (SSSR count). The average molecular weight is 317 g/mol. The zero-order chi connectivity index (χ0) is 16.2. The number of carbonyl (C=O) groups is 2. The fourth-order valence-electron chi connectivity index (χ4n) is 2.00. The van der Waals surface area contributed by atoms with Crippen LogP contribution >= 0.6 is 11.6 Å². The zero-order valence-corrected chi connectivity index (χ0v) is 12.6. The minimum absolute atomic E-state index is 0.0438. The second kappa shape index (κ2) is 6.76. The van der Waals surface area contributed by atoms with Gasteiger partial charge in [-0.25, -0.2) is 4.39 Å². The molecule has 0 radical (unpaired) electrons. The highest BCUT2D eigenvalue weighted by Gasteiger charge is 2.35. The molecule has 21 heavy (non-hydrogen) atoms. The molecule has 0 spiro atoms. The molecule has 5 nitrogen and oxygen atoms in total. The van der Waals surface area contributed by atoms with Gasteiger partial charge in [-0.05, 0) is 25.0 Å². The molecule has 4 N–H and O–H groups in total. The number of nitrogen functional groups attached to an aromatic ring is 1. The van der Waals surface area contributed by atoms with Crippen LogP contribution in [0.25, 0.3) is 0 Å². The summed E-state index contributed by atoms with van der Waals surface area (Å²) in [6.45, 7) is 3.40. The van der Waals surface area contributed by atoms with Crippen LogP contribution in [0.1, 0.15) is 37.0 Å². The van der Waals surface area contributed by atoms with Crippen molar-refractivity contribution in [2.24, 2.45) is 5.41 Å². The van der Waals surface area contributed by atoms with Gasteiger partial charge in [0.05, 0.1) is 16.7 Å². The van der Waals surface area contributed by atoms with E-state index in [0.29, 0.717) is 12.8 Å². The molecule has 0 fully saturated rings. The van der Waals surface area contributed by atoms with E-state index in [-0.39, 0.29) is 22.8 Å². The Morgan fingerprint density at radius 1 is 1.38 bits per heavy atom. The quantitative estimate of drug-likeness (QED) is 0.703. The Labute approximate surface area is 127 Å². The van der Waals surface area contributed by atoms with Crippen LogP contribution in [0.4, 0.5) is 10.1 Å². The van der Waals surface area contributed by atoms with E-state index >= 15 is 0 Å². The molecule has 1 aromatic rings. The molecule has 7 heteroatoms. The number of carboxylic acid groups (broad SMARTS) is 1. The number of hydrogen-bond acceptors (Lipinski definition) is 3. The molecule has 0 aromatic heterocycles. The van der Waals surface area contributed by atoms with E-state index in [0.717, 1.165) is 6.07 Å². The molecule has 0 atom stereocenters. The van der Waals surface area contributed by atoms with Crippen LogP contribution in [0, 0.1) is 11.2 Å². The molecule has 0 aliphatic rings. The van der Waals surface area contributed by atoms with Gasteiger partial charge in [0, 0.05) is 11.6 Å². The van der Waals surface area contributed by atoms with E-state index in [2.05, 4.69) is 5.32 Å². The van der Waals surface area contributed by atoms with E-state index in [1.165, 1.54) is 6.07 Å². The number of carboxylic acids is 1. The minimum atomic E-state index is -1.05. The number of anilines is 1. The standard InChI is InChI=1S/C14H18ClFN2O3/c1-3-14(4-2,13(20)21)7-18-12(19)9-5-8(15)6-10(16)11(9)17/h5-6H,3-4,7,17H2,1-2H3,(H,18,19)(H,20,21). The first-order chi connectivity index (χ1) is 9.77. The smallest absolute Gasteiger partial charge is 0.311 e. The van der Waals surface area contributed by atoms with Gasteiger partial charge in [0.1, 0.15) is 5.82 Å². The summed E-state index contributed by atoms with van der Waals surface area (Å²) in [5.74, 6) is -2.43. The Morgan fingerprint density at radius 2 is 1.95 bits per heavy atom. The Balaban J connectivity index is 2.95. The van der Waals surface area contributed by atoms with Crippen molar-refractivity contribution < 1.29 is 19.1 Å². The van der Waals surface area contributed by atoms with Crippen LogP contribution in [-0.4, -0.2) is 23.5 Å². The third kappa shape index (κ3) is 3.64. The van der Waals surface area contributed by atoms with Crippen molar-refractivity contribution in [2.75, 3.05) is 12.3 Å². The van der Waals surface area contributed by atoms with Crippen LogP contribution in [0.2, 0.25) is 5.02 Å². The van der Waals surface area contributed by atoms with E-state index in [9.17, 15) is 19.1 Å². The van der Waals surface area contributed by atoms with E-state index in [1.54, 1.807) is 13.8 Å². The molecule has 116 valence electrons. The summed E-state index contributed by atoms with van der Waals surface area (Å²) in [5.41, 5.74) is 4.03. The third-order valence-corrected chi connectivity index (χ3v) is 3.95. The van der Waals surface area contributed by atoms with Crippen molar-refractivity contribution in [1.82, 2.24) is 5.32 Å².